The van der Waals surface area contributed by atoms with E-state index in [1.54, 1.807) is 4.57 Å². The van der Waals surface area contributed by atoms with Crippen LogP contribution in [0.15, 0.2) is 15.8 Å². The molecule has 0 unspecified atom stereocenters. The normalized spacial score (nSPS) is 12.4. The van der Waals surface area contributed by atoms with Gasteiger partial charge in [0.05, 0.1) is 0 Å². The van der Waals surface area contributed by atoms with Crippen molar-refractivity contribution in [3.05, 3.63) is 11.4 Å². The zero-order chi connectivity index (χ0) is 10.3. The maximum atomic E-state index is 10.9. The van der Waals surface area contributed by atoms with Gasteiger partial charge in [-0.15, -0.1) is 11.3 Å². The molecule has 2 heterocycles. The summed E-state index contributed by atoms with van der Waals surface area (Å²) in [6, 6.07) is 1.83. The molecular formula is C7H7NO3S3. The van der Waals surface area contributed by atoms with E-state index < -0.39 is 10.1 Å². The Bertz CT molecular complexity index is 566. The number of aryl methyl sites for hydroxylation is 1. The second-order valence-corrected chi connectivity index (χ2v) is 6.39. The van der Waals surface area contributed by atoms with E-state index in [-0.39, 0.29) is 4.34 Å². The Morgan fingerprint density at radius 1 is 1.57 bits per heavy atom. The minimum atomic E-state index is -4.34. The number of thiazole rings is 1. The summed E-state index contributed by atoms with van der Waals surface area (Å²) in [6.07, 6.45) is 0. The van der Waals surface area contributed by atoms with Gasteiger partial charge in [0.15, 0.2) is 14.1 Å². The second kappa shape index (κ2) is 3.27. The van der Waals surface area contributed by atoms with Gasteiger partial charge in [0.2, 0.25) is 5.52 Å². The van der Waals surface area contributed by atoms with Gasteiger partial charge in [-0.2, -0.15) is 4.57 Å². The quantitative estimate of drug-likeness (QED) is 0.593. The Kier molecular flexibility index (Phi) is 2.34. The molecule has 0 atom stereocenters. The number of hydrogen-bond acceptors (Lipinski definition) is 5. The van der Waals surface area contributed by atoms with Crippen LogP contribution in [0.2, 0.25) is 0 Å². The lowest BCUT2D eigenvalue weighted by molar-refractivity contribution is -0.699. The SMILES string of the molecule is CC[n+]1c(S(=O)(=O)[O-])sc2sccc21. The predicted molar refractivity (Wildman–Crippen MR) is 53.5 cm³/mol. The van der Waals surface area contributed by atoms with E-state index in [0.29, 0.717) is 6.54 Å². The fraction of sp³-hybridized carbons (Fsp3) is 0.286. The van der Waals surface area contributed by atoms with Crippen LogP contribution in [0.3, 0.4) is 0 Å². The minimum absolute atomic E-state index is 0.0955. The first-order chi connectivity index (χ1) is 6.54. The molecule has 0 aliphatic carbocycles. The first-order valence-corrected chi connectivity index (χ1v) is 7.00. The van der Waals surface area contributed by atoms with Crippen molar-refractivity contribution in [3.63, 3.8) is 0 Å². The summed E-state index contributed by atoms with van der Waals surface area (Å²) in [7, 11) is -4.34. The van der Waals surface area contributed by atoms with E-state index in [1.165, 1.54) is 11.3 Å². The van der Waals surface area contributed by atoms with Crippen LogP contribution in [0.1, 0.15) is 6.92 Å². The lowest BCUT2D eigenvalue weighted by atomic mass is 10.5. The lowest BCUT2D eigenvalue weighted by Crippen LogP contribution is -2.36. The van der Waals surface area contributed by atoms with Crippen LogP contribution in [0.5, 0.6) is 0 Å². The third-order valence-corrected chi connectivity index (χ3v) is 5.37. The first kappa shape index (κ1) is 10.0. The number of rotatable bonds is 2. The molecule has 0 aromatic carbocycles. The van der Waals surface area contributed by atoms with Crippen LogP contribution in [0, 0.1) is 0 Å². The topological polar surface area (TPSA) is 61.1 Å². The van der Waals surface area contributed by atoms with E-state index >= 15 is 0 Å². The highest BCUT2D eigenvalue weighted by atomic mass is 32.3. The van der Waals surface area contributed by atoms with Gasteiger partial charge >= 0.3 is 4.34 Å². The Balaban J connectivity index is 2.83. The predicted octanol–water partition coefficient (Wildman–Crippen LogP) is 1.17. The van der Waals surface area contributed by atoms with Gasteiger partial charge in [-0.1, -0.05) is 0 Å². The molecular weight excluding hydrogens is 242 g/mol. The van der Waals surface area contributed by atoms with Crippen molar-refractivity contribution in [1.82, 2.24) is 0 Å². The highest BCUT2D eigenvalue weighted by Crippen LogP contribution is 2.28. The molecule has 0 aliphatic rings. The molecule has 0 amide bonds. The van der Waals surface area contributed by atoms with Gasteiger partial charge in [-0.25, -0.2) is 8.42 Å². The standard InChI is InChI=1S/C7H7NO3S3/c1-2-8-5-3-4-12-6(5)13-7(8)14(9,10)11/h3-4H,2H2,1H3. The van der Waals surface area contributed by atoms with Gasteiger partial charge in [-0.3, -0.25) is 0 Å². The van der Waals surface area contributed by atoms with Gasteiger partial charge in [0, 0.05) is 6.07 Å². The molecule has 0 fully saturated rings. The maximum absolute atomic E-state index is 10.9. The number of thiophene rings is 1. The fourth-order valence-electron chi connectivity index (χ4n) is 1.28. The van der Waals surface area contributed by atoms with Crippen LogP contribution >= 0.6 is 22.7 Å². The van der Waals surface area contributed by atoms with Crippen molar-refractivity contribution in [3.8, 4) is 0 Å². The molecule has 0 aliphatic heterocycles. The molecule has 14 heavy (non-hydrogen) atoms. The molecule has 4 nitrogen and oxygen atoms in total. The van der Waals surface area contributed by atoms with E-state index in [1.807, 2.05) is 18.4 Å². The highest BCUT2D eigenvalue weighted by molar-refractivity contribution is 7.88. The Morgan fingerprint density at radius 2 is 2.29 bits per heavy atom. The molecule has 76 valence electrons. The van der Waals surface area contributed by atoms with Crippen LogP contribution in [-0.4, -0.2) is 13.0 Å². The van der Waals surface area contributed by atoms with Crippen LogP contribution in [-0.2, 0) is 16.7 Å². The molecule has 0 radical (unpaired) electrons. The summed E-state index contributed by atoms with van der Waals surface area (Å²) in [5, 5.41) is 1.88. The summed E-state index contributed by atoms with van der Waals surface area (Å²) < 4.78 is 35.1. The van der Waals surface area contributed by atoms with Crippen molar-refractivity contribution in [2.75, 3.05) is 0 Å². The van der Waals surface area contributed by atoms with E-state index in [2.05, 4.69) is 0 Å². The zero-order valence-electron chi connectivity index (χ0n) is 7.26. The molecule has 0 saturated carbocycles. The molecule has 0 saturated heterocycles. The van der Waals surface area contributed by atoms with Gasteiger partial charge in [-0.05, 0) is 23.6 Å². The Hall–Kier alpha value is -0.500. The zero-order valence-corrected chi connectivity index (χ0v) is 9.71. The van der Waals surface area contributed by atoms with Crippen molar-refractivity contribution < 1.29 is 17.5 Å². The van der Waals surface area contributed by atoms with Crippen LogP contribution in [0.4, 0.5) is 0 Å². The molecule has 0 N–H and O–H groups in total. The Morgan fingerprint density at radius 3 is 2.86 bits per heavy atom. The highest BCUT2D eigenvalue weighted by Gasteiger charge is 2.24. The van der Waals surface area contributed by atoms with Crippen molar-refractivity contribution in [1.29, 1.82) is 0 Å². The van der Waals surface area contributed by atoms with Crippen molar-refractivity contribution in [2.24, 2.45) is 0 Å². The number of nitrogens with zero attached hydrogens (tertiary/aromatic N) is 1. The van der Waals surface area contributed by atoms with E-state index in [9.17, 15) is 13.0 Å². The lowest BCUT2D eigenvalue weighted by Gasteiger charge is -1.99. The smallest absolute Gasteiger partial charge is 0.344 e. The third kappa shape index (κ3) is 1.46. The van der Waals surface area contributed by atoms with Gasteiger partial charge in [0.1, 0.15) is 6.54 Å². The molecule has 0 bridgehead atoms. The molecule has 0 spiro atoms. The van der Waals surface area contributed by atoms with Crippen molar-refractivity contribution >= 4 is 42.3 Å². The van der Waals surface area contributed by atoms with Crippen molar-refractivity contribution in [2.45, 2.75) is 17.8 Å². The summed E-state index contributed by atoms with van der Waals surface area (Å²) in [5.41, 5.74) is 0.830. The van der Waals surface area contributed by atoms with E-state index in [0.717, 1.165) is 20.9 Å². The Labute approximate surface area is 89.2 Å². The molecule has 2 rings (SSSR count). The number of aromatic nitrogens is 1. The number of fused-ring (bicyclic) bond motifs is 1. The largest absolute Gasteiger partial charge is 0.739 e. The van der Waals surface area contributed by atoms with E-state index in [4.69, 9.17) is 0 Å². The fourth-order valence-corrected chi connectivity index (χ4v) is 4.59. The molecule has 2 aromatic heterocycles. The summed E-state index contributed by atoms with van der Waals surface area (Å²) in [6.45, 7) is 2.31. The summed E-state index contributed by atoms with van der Waals surface area (Å²) >= 11 is 2.49. The summed E-state index contributed by atoms with van der Waals surface area (Å²) in [5.74, 6) is 0. The molecule has 2 aromatic rings. The number of hydrogen-bond donors (Lipinski definition) is 0. The average Bonchev–Trinajstić information content (AvgIpc) is 2.58. The monoisotopic (exact) mass is 249 g/mol. The van der Waals surface area contributed by atoms with Gasteiger partial charge < -0.3 is 4.55 Å². The van der Waals surface area contributed by atoms with Crippen LogP contribution in [0.25, 0.3) is 9.53 Å². The van der Waals surface area contributed by atoms with Gasteiger partial charge in [0.25, 0.3) is 0 Å². The maximum Gasteiger partial charge on any atom is 0.344 e. The third-order valence-electron chi connectivity index (χ3n) is 1.83. The average molecular weight is 249 g/mol. The first-order valence-electron chi connectivity index (χ1n) is 3.89. The minimum Gasteiger partial charge on any atom is -0.739 e. The summed E-state index contributed by atoms with van der Waals surface area (Å²) in [4.78, 5) is 0. The second-order valence-electron chi connectivity index (χ2n) is 2.66. The molecule has 7 heteroatoms. The van der Waals surface area contributed by atoms with Crippen LogP contribution < -0.4 is 4.57 Å².